The molecule has 6 heteroatoms. The molecule has 0 radical (unpaired) electrons. The van der Waals surface area contributed by atoms with Crippen LogP contribution in [0.15, 0.2) is 42.5 Å². The molecule has 1 fully saturated rings. The highest BCUT2D eigenvalue weighted by atomic mass is 35.5. The molecule has 160 valence electrons. The van der Waals surface area contributed by atoms with E-state index in [0.717, 1.165) is 29.9 Å². The third-order valence-corrected chi connectivity index (χ3v) is 5.81. The molecule has 0 saturated carbocycles. The lowest BCUT2D eigenvalue weighted by Gasteiger charge is -2.34. The van der Waals surface area contributed by atoms with E-state index in [9.17, 15) is 9.59 Å². The summed E-state index contributed by atoms with van der Waals surface area (Å²) in [6.45, 7) is 6.22. The van der Waals surface area contributed by atoms with E-state index in [1.54, 1.807) is 12.1 Å². The number of carbonyl (C=O) groups is 2. The van der Waals surface area contributed by atoms with Gasteiger partial charge in [-0.05, 0) is 66.6 Å². The van der Waals surface area contributed by atoms with Crippen LogP contribution in [0.1, 0.15) is 60.6 Å². The topological polar surface area (TPSA) is 69.6 Å². The predicted octanol–water partition coefficient (Wildman–Crippen LogP) is 5.08. The van der Waals surface area contributed by atoms with Crippen LogP contribution in [-0.2, 0) is 11.2 Å². The highest BCUT2D eigenvalue weighted by Crippen LogP contribution is 2.34. The second kappa shape index (κ2) is 9.98. The Kier molecular flexibility index (Phi) is 7.38. The van der Waals surface area contributed by atoms with Crippen molar-refractivity contribution in [3.63, 3.8) is 0 Å². The molecule has 0 aromatic heterocycles. The maximum atomic E-state index is 12.8. The molecule has 0 spiro atoms. The number of anilines is 1. The lowest BCUT2D eigenvalue weighted by molar-refractivity contribution is -0.121. The number of hydrogen-bond donors (Lipinski definition) is 2. The summed E-state index contributed by atoms with van der Waals surface area (Å²) in [5.74, 6) is -0.885. The van der Waals surface area contributed by atoms with Gasteiger partial charge in [0.2, 0.25) is 5.91 Å². The summed E-state index contributed by atoms with van der Waals surface area (Å²) < 4.78 is 0. The van der Waals surface area contributed by atoms with Gasteiger partial charge in [0, 0.05) is 23.8 Å². The molecule has 1 aliphatic rings. The number of hydrogen-bond acceptors (Lipinski definition) is 3. The van der Waals surface area contributed by atoms with Crippen molar-refractivity contribution in [3.05, 3.63) is 64.2 Å². The van der Waals surface area contributed by atoms with Crippen LogP contribution in [0.3, 0.4) is 0 Å². The van der Waals surface area contributed by atoms with Gasteiger partial charge in [0.05, 0.1) is 18.0 Å². The first-order valence-corrected chi connectivity index (χ1v) is 10.9. The Morgan fingerprint density at radius 1 is 1.07 bits per heavy atom. The van der Waals surface area contributed by atoms with Crippen LogP contribution in [0.2, 0.25) is 5.02 Å². The Hall–Kier alpha value is -2.53. The van der Waals surface area contributed by atoms with Gasteiger partial charge in [-0.15, -0.1) is 0 Å². The summed E-state index contributed by atoms with van der Waals surface area (Å²) in [5.41, 5.74) is 3.18. The number of amides is 1. The Morgan fingerprint density at radius 3 is 2.33 bits per heavy atom. The molecule has 1 unspecified atom stereocenters. The minimum atomic E-state index is -0.975. The number of rotatable bonds is 7. The molecule has 1 atom stereocenters. The summed E-state index contributed by atoms with van der Waals surface area (Å²) in [7, 11) is 0. The summed E-state index contributed by atoms with van der Waals surface area (Å²) in [5, 5.41) is 12.9. The van der Waals surface area contributed by atoms with Crippen LogP contribution < -0.4 is 10.2 Å². The number of halogens is 1. The van der Waals surface area contributed by atoms with Gasteiger partial charge in [-0.1, -0.05) is 37.6 Å². The quantitative estimate of drug-likeness (QED) is 0.644. The second-order valence-corrected chi connectivity index (χ2v) is 8.66. The van der Waals surface area contributed by atoms with Gasteiger partial charge in [-0.3, -0.25) is 4.79 Å². The molecule has 2 N–H and O–H groups in total. The van der Waals surface area contributed by atoms with Crippen molar-refractivity contribution < 1.29 is 14.7 Å². The molecule has 0 aliphatic carbocycles. The predicted molar refractivity (Wildman–Crippen MR) is 120 cm³/mol. The number of nitrogens with zero attached hydrogens (tertiary/aromatic N) is 1. The number of nitrogens with one attached hydrogen (secondary N) is 1. The van der Waals surface area contributed by atoms with Crippen LogP contribution in [-0.4, -0.2) is 30.1 Å². The van der Waals surface area contributed by atoms with Crippen molar-refractivity contribution in [2.75, 3.05) is 18.0 Å². The lowest BCUT2D eigenvalue weighted by Crippen LogP contribution is -2.36. The highest BCUT2D eigenvalue weighted by molar-refractivity contribution is 6.30. The van der Waals surface area contributed by atoms with Crippen LogP contribution >= 0.6 is 11.6 Å². The van der Waals surface area contributed by atoms with Crippen LogP contribution in [0.25, 0.3) is 0 Å². The van der Waals surface area contributed by atoms with Crippen molar-refractivity contribution in [1.82, 2.24) is 5.32 Å². The smallest absolute Gasteiger partial charge is 0.335 e. The molecular formula is C24H29ClN2O3. The first-order valence-electron chi connectivity index (χ1n) is 10.5. The molecule has 1 heterocycles. The fourth-order valence-corrected chi connectivity index (χ4v) is 4.16. The standard InChI is InChI=1S/C24H29ClN2O3/c1-16(2)23(26-22(28)14-17-6-8-18(9-7-17)24(29)30)20-15-19(25)10-11-21(20)27-12-4-3-5-13-27/h6-11,15-16,23H,3-5,12-14H2,1-2H3,(H,26,28)(H,29,30). The minimum Gasteiger partial charge on any atom is -0.478 e. The monoisotopic (exact) mass is 428 g/mol. The van der Waals surface area contributed by atoms with Crippen molar-refractivity contribution in [1.29, 1.82) is 0 Å². The number of benzene rings is 2. The third kappa shape index (κ3) is 5.54. The molecule has 1 amide bonds. The van der Waals surface area contributed by atoms with Crippen molar-refractivity contribution >= 4 is 29.2 Å². The molecular weight excluding hydrogens is 400 g/mol. The van der Waals surface area contributed by atoms with Crippen molar-refractivity contribution in [2.24, 2.45) is 5.92 Å². The van der Waals surface area contributed by atoms with Gasteiger partial charge in [0.15, 0.2) is 0 Å². The van der Waals surface area contributed by atoms with E-state index in [-0.39, 0.29) is 29.9 Å². The fourth-order valence-electron chi connectivity index (χ4n) is 3.98. The zero-order chi connectivity index (χ0) is 21.7. The lowest BCUT2D eigenvalue weighted by atomic mass is 9.93. The number of aromatic carboxylic acids is 1. The van der Waals surface area contributed by atoms with E-state index in [1.165, 1.54) is 31.4 Å². The van der Waals surface area contributed by atoms with E-state index < -0.39 is 5.97 Å². The summed E-state index contributed by atoms with van der Waals surface area (Å²) in [6.07, 6.45) is 3.80. The van der Waals surface area contributed by atoms with E-state index >= 15 is 0 Å². The second-order valence-electron chi connectivity index (χ2n) is 8.22. The van der Waals surface area contributed by atoms with Crippen LogP contribution in [0.4, 0.5) is 5.69 Å². The molecule has 0 bridgehead atoms. The summed E-state index contributed by atoms with van der Waals surface area (Å²) in [4.78, 5) is 26.2. The maximum absolute atomic E-state index is 12.8. The Bertz CT molecular complexity index is 890. The van der Waals surface area contributed by atoms with Crippen LogP contribution in [0, 0.1) is 5.92 Å². The first-order chi connectivity index (χ1) is 14.3. The Morgan fingerprint density at radius 2 is 1.73 bits per heavy atom. The normalized spacial score (nSPS) is 15.1. The fraction of sp³-hybridized carbons (Fsp3) is 0.417. The molecule has 3 rings (SSSR count). The van der Waals surface area contributed by atoms with Gasteiger partial charge in [0.1, 0.15) is 0 Å². The number of carboxylic acid groups (broad SMARTS) is 1. The van der Waals surface area contributed by atoms with Gasteiger partial charge >= 0.3 is 5.97 Å². The molecule has 2 aromatic rings. The van der Waals surface area contributed by atoms with Crippen molar-refractivity contribution in [3.8, 4) is 0 Å². The number of carbonyl (C=O) groups excluding carboxylic acids is 1. The number of piperidine rings is 1. The first kappa shape index (κ1) is 22.2. The van der Waals surface area contributed by atoms with Gasteiger partial charge in [-0.25, -0.2) is 4.79 Å². The zero-order valence-electron chi connectivity index (χ0n) is 17.5. The van der Waals surface area contributed by atoms with E-state index in [1.807, 2.05) is 12.1 Å². The Balaban J connectivity index is 1.79. The molecule has 30 heavy (non-hydrogen) atoms. The third-order valence-electron chi connectivity index (χ3n) is 5.57. The summed E-state index contributed by atoms with van der Waals surface area (Å²) >= 11 is 6.33. The molecule has 2 aromatic carbocycles. The zero-order valence-corrected chi connectivity index (χ0v) is 18.3. The highest BCUT2D eigenvalue weighted by Gasteiger charge is 2.24. The van der Waals surface area contributed by atoms with Crippen LogP contribution in [0.5, 0.6) is 0 Å². The van der Waals surface area contributed by atoms with Gasteiger partial charge < -0.3 is 15.3 Å². The van der Waals surface area contributed by atoms with E-state index in [2.05, 4.69) is 30.1 Å². The average molecular weight is 429 g/mol. The molecule has 1 saturated heterocycles. The molecule has 1 aliphatic heterocycles. The number of carboxylic acids is 1. The minimum absolute atomic E-state index is 0.0960. The average Bonchev–Trinajstić information content (AvgIpc) is 2.73. The molecule has 5 nitrogen and oxygen atoms in total. The largest absolute Gasteiger partial charge is 0.478 e. The van der Waals surface area contributed by atoms with Crippen molar-refractivity contribution in [2.45, 2.75) is 45.6 Å². The van der Waals surface area contributed by atoms with Gasteiger partial charge in [0.25, 0.3) is 0 Å². The van der Waals surface area contributed by atoms with E-state index in [0.29, 0.717) is 5.02 Å². The van der Waals surface area contributed by atoms with Gasteiger partial charge in [-0.2, -0.15) is 0 Å². The maximum Gasteiger partial charge on any atom is 0.335 e. The SMILES string of the molecule is CC(C)C(NC(=O)Cc1ccc(C(=O)O)cc1)c1cc(Cl)ccc1N1CCCCC1. The summed E-state index contributed by atoms with van der Waals surface area (Å²) in [6, 6.07) is 12.2. The van der Waals surface area contributed by atoms with E-state index in [4.69, 9.17) is 16.7 Å². The Labute approximate surface area is 183 Å².